The lowest BCUT2D eigenvalue weighted by Gasteiger charge is -2.21. The van der Waals surface area contributed by atoms with Gasteiger partial charge in [-0.15, -0.1) is 5.23 Å². The molecule has 0 unspecified atom stereocenters. The molecule has 0 aromatic rings. The minimum atomic E-state index is 0.734. The highest BCUT2D eigenvalue weighted by Crippen LogP contribution is 1.70. The second kappa shape index (κ2) is 7.90. The Kier molecular flexibility index (Phi) is 7.76. The molecule has 0 rings (SSSR count). The van der Waals surface area contributed by atoms with E-state index in [1.165, 1.54) is 0 Å². The van der Waals surface area contributed by atoms with Crippen LogP contribution in [0.2, 0.25) is 0 Å². The molecule has 5 heteroatoms. The maximum atomic E-state index is 3.12. The van der Waals surface area contributed by atoms with Gasteiger partial charge in [0.15, 0.2) is 0 Å². The van der Waals surface area contributed by atoms with Crippen molar-refractivity contribution in [3.8, 4) is 0 Å². The van der Waals surface area contributed by atoms with E-state index in [0.29, 0.717) is 0 Å². The van der Waals surface area contributed by atoms with E-state index in [1.54, 1.807) is 5.23 Å². The van der Waals surface area contributed by atoms with E-state index in [-0.39, 0.29) is 0 Å². The SMILES string of the molecule is CCCNN(NC)NCNC. The first-order valence-electron chi connectivity index (χ1n) is 3.94. The molecule has 68 valence electrons. The number of nitrogens with zero attached hydrogens (tertiary/aromatic N) is 1. The summed E-state index contributed by atoms with van der Waals surface area (Å²) in [6, 6.07) is 0. The van der Waals surface area contributed by atoms with E-state index >= 15 is 0 Å². The Hall–Kier alpha value is -0.200. The topological polar surface area (TPSA) is 51.4 Å². The van der Waals surface area contributed by atoms with Crippen molar-refractivity contribution in [3.63, 3.8) is 0 Å². The van der Waals surface area contributed by atoms with Crippen LogP contribution in [0, 0.1) is 0 Å². The zero-order valence-electron chi connectivity index (χ0n) is 7.57. The molecule has 0 heterocycles. The fourth-order valence-corrected chi connectivity index (χ4v) is 0.596. The van der Waals surface area contributed by atoms with Gasteiger partial charge in [0, 0.05) is 13.6 Å². The molecule has 0 spiro atoms. The maximum Gasteiger partial charge on any atom is 0.0617 e. The van der Waals surface area contributed by atoms with Crippen LogP contribution in [-0.2, 0) is 0 Å². The summed E-state index contributed by atoms with van der Waals surface area (Å²) in [6.07, 6.45) is 1.11. The third-order valence-electron chi connectivity index (χ3n) is 1.16. The van der Waals surface area contributed by atoms with Gasteiger partial charge in [0.25, 0.3) is 0 Å². The highest BCUT2D eigenvalue weighted by atomic mass is 15.9. The summed E-state index contributed by atoms with van der Waals surface area (Å²) in [4.78, 5) is 0. The molecule has 0 saturated carbocycles. The molecule has 4 N–H and O–H groups in total. The molecule has 0 aromatic carbocycles. The first-order chi connectivity index (χ1) is 5.35. The van der Waals surface area contributed by atoms with Gasteiger partial charge in [0.2, 0.25) is 0 Å². The first kappa shape index (κ1) is 10.8. The Morgan fingerprint density at radius 3 is 2.36 bits per heavy atom. The molecular formula is C6H19N5. The van der Waals surface area contributed by atoms with Gasteiger partial charge in [0.1, 0.15) is 0 Å². The number of hydrazine groups is 3. The smallest absolute Gasteiger partial charge is 0.0617 e. The minimum absolute atomic E-state index is 0.734. The van der Waals surface area contributed by atoms with Gasteiger partial charge in [0.05, 0.1) is 6.67 Å². The van der Waals surface area contributed by atoms with Gasteiger partial charge in [-0.05, 0) is 13.5 Å². The molecule has 0 saturated heterocycles. The summed E-state index contributed by atoms with van der Waals surface area (Å²) in [5.41, 5.74) is 9.12. The summed E-state index contributed by atoms with van der Waals surface area (Å²) >= 11 is 0. The first-order valence-corrected chi connectivity index (χ1v) is 3.94. The van der Waals surface area contributed by atoms with Crippen LogP contribution >= 0.6 is 0 Å². The summed E-state index contributed by atoms with van der Waals surface area (Å²) in [6.45, 7) is 3.81. The Labute approximate surface area is 68.4 Å². The predicted octanol–water partition coefficient (Wildman–Crippen LogP) is -0.981. The molecule has 0 aliphatic heterocycles. The number of rotatable bonds is 7. The highest BCUT2D eigenvalue weighted by molar-refractivity contribution is 4.36. The summed E-state index contributed by atoms with van der Waals surface area (Å²) in [7, 11) is 3.74. The van der Waals surface area contributed by atoms with Crippen LogP contribution < -0.4 is 21.6 Å². The fourth-order valence-electron chi connectivity index (χ4n) is 0.596. The number of nitrogens with one attached hydrogen (secondary N) is 4. The van der Waals surface area contributed by atoms with Gasteiger partial charge in [-0.25, -0.2) is 16.3 Å². The van der Waals surface area contributed by atoms with Crippen LogP contribution in [0.1, 0.15) is 13.3 Å². The molecule has 11 heavy (non-hydrogen) atoms. The molecule has 0 aromatic heterocycles. The molecule has 0 radical (unpaired) electrons. The van der Waals surface area contributed by atoms with E-state index in [0.717, 1.165) is 19.6 Å². The lowest BCUT2D eigenvalue weighted by atomic mass is 10.5. The quantitative estimate of drug-likeness (QED) is 0.286. The maximum absolute atomic E-state index is 3.12. The average molecular weight is 161 g/mol. The van der Waals surface area contributed by atoms with E-state index in [2.05, 4.69) is 28.5 Å². The van der Waals surface area contributed by atoms with Crippen molar-refractivity contribution in [2.45, 2.75) is 13.3 Å². The molecule has 0 fully saturated rings. The molecule has 0 aliphatic rings. The summed E-state index contributed by atoms with van der Waals surface area (Å²) in [5, 5.41) is 4.71. The molecule has 0 aliphatic carbocycles. The van der Waals surface area contributed by atoms with Crippen molar-refractivity contribution in [2.75, 3.05) is 27.3 Å². The van der Waals surface area contributed by atoms with Crippen LogP contribution in [-0.4, -0.2) is 32.5 Å². The van der Waals surface area contributed by atoms with Gasteiger partial charge in [-0.1, -0.05) is 6.92 Å². The molecule has 0 bridgehead atoms. The Bertz CT molecular complexity index is 69.4. The number of hydrogen-bond acceptors (Lipinski definition) is 5. The van der Waals surface area contributed by atoms with Gasteiger partial charge in [-0.3, -0.25) is 0 Å². The second-order valence-corrected chi connectivity index (χ2v) is 2.16. The highest BCUT2D eigenvalue weighted by Gasteiger charge is 1.95. The normalized spacial score (nSPS) is 10.9. The van der Waals surface area contributed by atoms with Crippen LogP contribution in [0.5, 0.6) is 0 Å². The number of hydrogen-bond donors (Lipinski definition) is 4. The molecule has 0 amide bonds. The minimum Gasteiger partial charge on any atom is -0.306 e. The monoisotopic (exact) mass is 161 g/mol. The third kappa shape index (κ3) is 6.21. The van der Waals surface area contributed by atoms with E-state index in [9.17, 15) is 0 Å². The van der Waals surface area contributed by atoms with Crippen molar-refractivity contribution in [1.82, 2.24) is 26.8 Å². The summed E-state index contributed by atoms with van der Waals surface area (Å²) < 4.78 is 0. The third-order valence-corrected chi connectivity index (χ3v) is 1.16. The molecule has 5 nitrogen and oxygen atoms in total. The van der Waals surface area contributed by atoms with Gasteiger partial charge >= 0.3 is 0 Å². The van der Waals surface area contributed by atoms with Crippen LogP contribution in [0.15, 0.2) is 0 Å². The predicted molar refractivity (Wildman–Crippen MR) is 46.3 cm³/mol. The summed E-state index contributed by atoms with van der Waals surface area (Å²) in [5.74, 6) is 0. The van der Waals surface area contributed by atoms with Crippen LogP contribution in [0.25, 0.3) is 0 Å². The fraction of sp³-hybridized carbons (Fsp3) is 1.00. The van der Waals surface area contributed by atoms with Crippen molar-refractivity contribution in [2.24, 2.45) is 0 Å². The van der Waals surface area contributed by atoms with Crippen molar-refractivity contribution < 1.29 is 0 Å². The van der Waals surface area contributed by atoms with Gasteiger partial charge in [-0.2, -0.15) is 0 Å². The average Bonchev–Trinajstić information content (AvgIpc) is 2.05. The Morgan fingerprint density at radius 1 is 1.18 bits per heavy atom. The van der Waals surface area contributed by atoms with E-state index in [1.807, 2.05) is 14.1 Å². The lowest BCUT2D eigenvalue weighted by Crippen LogP contribution is -2.56. The standard InChI is InChI=1S/C6H19N5/c1-4-5-9-11(8-3)10-6-7-2/h7-10H,4-6H2,1-3H3. The Balaban J connectivity index is 3.25. The largest absolute Gasteiger partial charge is 0.306 e. The second-order valence-electron chi connectivity index (χ2n) is 2.16. The zero-order chi connectivity index (χ0) is 8.53. The van der Waals surface area contributed by atoms with E-state index < -0.39 is 0 Å². The zero-order valence-corrected chi connectivity index (χ0v) is 7.57. The van der Waals surface area contributed by atoms with Crippen LogP contribution in [0.3, 0.4) is 0 Å². The van der Waals surface area contributed by atoms with Crippen molar-refractivity contribution >= 4 is 0 Å². The Morgan fingerprint density at radius 2 is 1.91 bits per heavy atom. The van der Waals surface area contributed by atoms with E-state index in [4.69, 9.17) is 0 Å². The van der Waals surface area contributed by atoms with Crippen molar-refractivity contribution in [1.29, 1.82) is 0 Å². The van der Waals surface area contributed by atoms with Crippen LogP contribution in [0.4, 0.5) is 0 Å². The van der Waals surface area contributed by atoms with Crippen molar-refractivity contribution in [3.05, 3.63) is 0 Å². The molecular weight excluding hydrogens is 142 g/mol. The van der Waals surface area contributed by atoms with Gasteiger partial charge < -0.3 is 5.32 Å². The molecule has 0 atom stereocenters. The lowest BCUT2D eigenvalue weighted by molar-refractivity contribution is 0.0578.